The molecule has 5 nitrogen and oxygen atoms in total. The SMILES string of the molecule is CC1=NC2C=C(OC3CN(C(=O)OC(C)(C)C)C3)C=CC2S1. The Morgan fingerprint density at radius 3 is 2.82 bits per heavy atom. The predicted molar refractivity (Wildman–Crippen MR) is 88.2 cm³/mol. The van der Waals surface area contributed by atoms with Gasteiger partial charge in [0.2, 0.25) is 0 Å². The molecule has 0 bridgehead atoms. The van der Waals surface area contributed by atoms with E-state index in [-0.39, 0.29) is 18.2 Å². The summed E-state index contributed by atoms with van der Waals surface area (Å²) in [6.07, 6.45) is 6.00. The maximum Gasteiger partial charge on any atom is 0.410 e. The van der Waals surface area contributed by atoms with Gasteiger partial charge in [-0.2, -0.15) is 0 Å². The average Bonchev–Trinajstić information content (AvgIpc) is 2.70. The van der Waals surface area contributed by atoms with E-state index >= 15 is 0 Å². The van der Waals surface area contributed by atoms with E-state index < -0.39 is 5.60 Å². The van der Waals surface area contributed by atoms with Crippen LogP contribution in [0.5, 0.6) is 0 Å². The molecule has 2 unspecified atom stereocenters. The van der Waals surface area contributed by atoms with Crippen molar-refractivity contribution in [3.8, 4) is 0 Å². The number of thioether (sulfide) groups is 1. The molecule has 0 radical (unpaired) electrons. The van der Waals surface area contributed by atoms with E-state index in [9.17, 15) is 4.79 Å². The van der Waals surface area contributed by atoms with Gasteiger partial charge in [0.25, 0.3) is 0 Å². The first-order chi connectivity index (χ1) is 10.3. The van der Waals surface area contributed by atoms with Gasteiger partial charge in [0, 0.05) is 0 Å². The minimum absolute atomic E-state index is 0.0408. The molecule has 2 heterocycles. The summed E-state index contributed by atoms with van der Waals surface area (Å²) < 4.78 is 11.3. The highest BCUT2D eigenvalue weighted by molar-refractivity contribution is 8.14. The fraction of sp³-hybridized carbons (Fsp3) is 0.625. The summed E-state index contributed by atoms with van der Waals surface area (Å²) in [6.45, 7) is 8.80. The molecular weight excluding hydrogens is 300 g/mol. The summed E-state index contributed by atoms with van der Waals surface area (Å²) in [7, 11) is 0. The fourth-order valence-corrected chi connectivity index (χ4v) is 3.55. The van der Waals surface area contributed by atoms with Crippen LogP contribution < -0.4 is 0 Å². The van der Waals surface area contributed by atoms with Crippen molar-refractivity contribution in [2.75, 3.05) is 13.1 Å². The second-order valence-electron chi connectivity index (χ2n) is 6.77. The van der Waals surface area contributed by atoms with Crippen molar-refractivity contribution in [2.45, 2.75) is 50.7 Å². The van der Waals surface area contributed by atoms with E-state index in [1.165, 1.54) is 0 Å². The largest absolute Gasteiger partial charge is 0.487 e. The number of allylic oxidation sites excluding steroid dienone is 1. The normalized spacial score (nSPS) is 27.7. The highest BCUT2D eigenvalue weighted by atomic mass is 32.2. The molecule has 0 N–H and O–H groups in total. The number of aliphatic imine (C=N–C) groups is 1. The Hall–Kier alpha value is -1.43. The van der Waals surface area contributed by atoms with Crippen LogP contribution in [-0.2, 0) is 9.47 Å². The summed E-state index contributed by atoms with van der Waals surface area (Å²) in [6, 6.07) is 0.187. The Morgan fingerprint density at radius 1 is 1.41 bits per heavy atom. The van der Waals surface area contributed by atoms with Crippen molar-refractivity contribution in [1.29, 1.82) is 0 Å². The molecule has 3 rings (SSSR count). The Balaban J connectivity index is 1.48. The predicted octanol–water partition coefficient (Wildman–Crippen LogP) is 2.98. The molecule has 1 saturated heterocycles. The molecule has 22 heavy (non-hydrogen) atoms. The smallest absolute Gasteiger partial charge is 0.410 e. The number of rotatable bonds is 2. The number of ether oxygens (including phenoxy) is 2. The van der Waals surface area contributed by atoms with E-state index in [0.29, 0.717) is 18.3 Å². The maximum absolute atomic E-state index is 11.9. The van der Waals surface area contributed by atoms with Crippen molar-refractivity contribution in [2.24, 2.45) is 4.99 Å². The van der Waals surface area contributed by atoms with E-state index in [2.05, 4.69) is 17.1 Å². The third-order valence-corrected chi connectivity index (χ3v) is 4.72. The number of hydrogen-bond acceptors (Lipinski definition) is 5. The first-order valence-corrected chi connectivity index (χ1v) is 8.44. The molecule has 1 fully saturated rings. The zero-order valence-corrected chi connectivity index (χ0v) is 14.2. The van der Waals surface area contributed by atoms with E-state index in [1.807, 2.05) is 33.8 Å². The quantitative estimate of drug-likeness (QED) is 0.784. The zero-order valence-electron chi connectivity index (χ0n) is 13.4. The number of carbonyl (C=O) groups excluding carboxylic acids is 1. The highest BCUT2D eigenvalue weighted by Crippen LogP contribution is 2.33. The molecule has 1 aliphatic carbocycles. The van der Waals surface area contributed by atoms with Crippen LogP contribution in [0.15, 0.2) is 29.0 Å². The maximum atomic E-state index is 11.9. The van der Waals surface area contributed by atoms with Crippen molar-refractivity contribution in [3.63, 3.8) is 0 Å². The molecule has 1 amide bonds. The van der Waals surface area contributed by atoms with Crippen LogP contribution in [0, 0.1) is 0 Å². The first-order valence-electron chi connectivity index (χ1n) is 7.56. The minimum Gasteiger partial charge on any atom is -0.487 e. The second-order valence-corrected chi connectivity index (χ2v) is 8.15. The number of likely N-dealkylation sites (tertiary alicyclic amines) is 1. The van der Waals surface area contributed by atoms with Crippen LogP contribution in [0.25, 0.3) is 0 Å². The van der Waals surface area contributed by atoms with Gasteiger partial charge in [-0.1, -0.05) is 6.08 Å². The lowest BCUT2D eigenvalue weighted by Crippen LogP contribution is -2.55. The van der Waals surface area contributed by atoms with Gasteiger partial charge in [0.1, 0.15) is 17.5 Å². The van der Waals surface area contributed by atoms with Gasteiger partial charge in [-0.25, -0.2) is 4.79 Å². The van der Waals surface area contributed by atoms with Gasteiger partial charge >= 0.3 is 6.09 Å². The topological polar surface area (TPSA) is 51.1 Å². The molecular formula is C16H22N2O3S. The van der Waals surface area contributed by atoms with Crippen molar-refractivity contribution < 1.29 is 14.3 Å². The highest BCUT2D eigenvalue weighted by Gasteiger charge is 2.36. The zero-order chi connectivity index (χ0) is 15.9. The summed E-state index contributed by atoms with van der Waals surface area (Å²) >= 11 is 1.79. The molecule has 3 aliphatic rings. The number of carbonyl (C=O) groups is 1. The molecule has 0 aromatic heterocycles. The Kier molecular flexibility index (Phi) is 3.97. The monoisotopic (exact) mass is 322 g/mol. The third kappa shape index (κ3) is 3.48. The summed E-state index contributed by atoms with van der Waals surface area (Å²) in [5.74, 6) is 0.856. The van der Waals surface area contributed by atoms with Crippen LogP contribution in [0.3, 0.4) is 0 Å². The second kappa shape index (κ2) is 5.65. The van der Waals surface area contributed by atoms with Crippen LogP contribution in [0.4, 0.5) is 4.79 Å². The number of amides is 1. The van der Waals surface area contributed by atoms with Gasteiger partial charge in [-0.15, -0.1) is 11.8 Å². The lowest BCUT2D eigenvalue weighted by atomic mass is 10.1. The van der Waals surface area contributed by atoms with E-state index in [0.717, 1.165) is 10.8 Å². The van der Waals surface area contributed by atoms with Gasteiger partial charge in [-0.05, 0) is 39.8 Å². The Labute approximate surface area is 135 Å². The standard InChI is InChI=1S/C16H22N2O3S/c1-10-17-13-7-11(5-6-14(13)22-10)20-12-8-18(9-12)15(19)21-16(2,3)4/h5-7,12-14H,8-9H2,1-4H3. The number of fused-ring (bicyclic) bond motifs is 1. The Bertz CT molecular complexity index is 556. The first kappa shape index (κ1) is 15.5. The van der Waals surface area contributed by atoms with Crippen molar-refractivity contribution in [3.05, 3.63) is 24.0 Å². The Morgan fingerprint density at radius 2 is 2.14 bits per heavy atom. The molecule has 120 valence electrons. The minimum atomic E-state index is -0.456. The van der Waals surface area contributed by atoms with Crippen molar-refractivity contribution in [1.82, 2.24) is 4.90 Å². The van der Waals surface area contributed by atoms with Crippen LogP contribution in [0.2, 0.25) is 0 Å². The van der Waals surface area contributed by atoms with E-state index in [4.69, 9.17) is 9.47 Å². The molecule has 0 saturated carbocycles. The molecule has 2 atom stereocenters. The third-order valence-electron chi connectivity index (χ3n) is 3.56. The van der Waals surface area contributed by atoms with Gasteiger partial charge in [0.05, 0.1) is 29.4 Å². The number of hydrogen-bond donors (Lipinski definition) is 0. The number of nitrogens with zero attached hydrogens (tertiary/aromatic N) is 2. The summed E-state index contributed by atoms with van der Waals surface area (Å²) in [5, 5.41) is 1.53. The molecule has 6 heteroatoms. The molecule has 0 aromatic carbocycles. The molecule has 2 aliphatic heterocycles. The van der Waals surface area contributed by atoms with Crippen LogP contribution in [-0.4, -0.2) is 52.1 Å². The van der Waals surface area contributed by atoms with E-state index in [1.54, 1.807) is 16.7 Å². The fourth-order valence-electron chi connectivity index (χ4n) is 2.54. The lowest BCUT2D eigenvalue weighted by Gasteiger charge is -2.39. The van der Waals surface area contributed by atoms with Crippen LogP contribution in [0.1, 0.15) is 27.7 Å². The summed E-state index contributed by atoms with van der Waals surface area (Å²) in [5.41, 5.74) is -0.456. The average molecular weight is 322 g/mol. The van der Waals surface area contributed by atoms with Crippen LogP contribution >= 0.6 is 11.8 Å². The van der Waals surface area contributed by atoms with Gasteiger partial charge < -0.3 is 14.4 Å². The summed E-state index contributed by atoms with van der Waals surface area (Å²) in [4.78, 5) is 18.1. The van der Waals surface area contributed by atoms with Crippen molar-refractivity contribution >= 4 is 22.9 Å². The van der Waals surface area contributed by atoms with Gasteiger partial charge in [-0.3, -0.25) is 4.99 Å². The molecule has 0 spiro atoms. The lowest BCUT2D eigenvalue weighted by molar-refractivity contribution is -0.0400. The molecule has 0 aromatic rings. The van der Waals surface area contributed by atoms with Gasteiger partial charge in [0.15, 0.2) is 0 Å².